The van der Waals surface area contributed by atoms with Crippen LogP contribution >= 0.6 is 0 Å². The predicted octanol–water partition coefficient (Wildman–Crippen LogP) is 2.96. The second kappa shape index (κ2) is 8.52. The third kappa shape index (κ3) is 4.96. The van der Waals surface area contributed by atoms with E-state index in [1.807, 2.05) is 32.0 Å². The molecular formula is C21H28N2O3S. The Kier molecular flexibility index (Phi) is 6.32. The molecule has 2 aromatic rings. The molecule has 0 spiro atoms. The zero-order valence-corrected chi connectivity index (χ0v) is 17.1. The largest absolute Gasteiger partial charge is 0.379 e. The van der Waals surface area contributed by atoms with Crippen molar-refractivity contribution >= 4 is 10.0 Å². The smallest absolute Gasteiger partial charge is 0.240 e. The average molecular weight is 389 g/mol. The maximum atomic E-state index is 12.9. The SMILES string of the molecule is Cc1cccc(C(CNS(=O)(=O)c2ccc(C)cc2C)N2CCOCC2)c1. The van der Waals surface area contributed by atoms with Crippen LogP contribution in [0.15, 0.2) is 47.4 Å². The Morgan fingerprint density at radius 2 is 1.74 bits per heavy atom. The summed E-state index contributed by atoms with van der Waals surface area (Å²) < 4.78 is 34.1. The fourth-order valence-corrected chi connectivity index (χ4v) is 4.85. The third-order valence-electron chi connectivity index (χ3n) is 5.00. The molecule has 1 N–H and O–H groups in total. The summed E-state index contributed by atoms with van der Waals surface area (Å²) in [5, 5.41) is 0. The van der Waals surface area contributed by atoms with Gasteiger partial charge in [0.2, 0.25) is 10.0 Å². The van der Waals surface area contributed by atoms with Crippen LogP contribution in [0, 0.1) is 20.8 Å². The highest BCUT2D eigenvalue weighted by molar-refractivity contribution is 7.89. The highest BCUT2D eigenvalue weighted by Gasteiger charge is 2.25. The number of sulfonamides is 1. The van der Waals surface area contributed by atoms with Gasteiger partial charge in [0.25, 0.3) is 0 Å². The number of nitrogens with one attached hydrogen (secondary N) is 1. The summed E-state index contributed by atoms with van der Waals surface area (Å²) in [5.41, 5.74) is 4.11. The Morgan fingerprint density at radius 1 is 1.04 bits per heavy atom. The second-order valence-electron chi connectivity index (χ2n) is 7.20. The maximum Gasteiger partial charge on any atom is 0.240 e. The first kappa shape index (κ1) is 20.0. The van der Waals surface area contributed by atoms with E-state index in [4.69, 9.17) is 4.74 Å². The first-order valence-electron chi connectivity index (χ1n) is 9.32. The third-order valence-corrected chi connectivity index (χ3v) is 6.58. The Hall–Kier alpha value is -1.73. The Balaban J connectivity index is 1.83. The van der Waals surface area contributed by atoms with Gasteiger partial charge >= 0.3 is 0 Å². The zero-order valence-electron chi connectivity index (χ0n) is 16.2. The molecule has 1 aliphatic rings. The lowest BCUT2D eigenvalue weighted by Crippen LogP contribution is -2.43. The van der Waals surface area contributed by atoms with Crippen LogP contribution in [-0.4, -0.2) is 46.2 Å². The summed E-state index contributed by atoms with van der Waals surface area (Å²) in [6.07, 6.45) is 0. The van der Waals surface area contributed by atoms with Crippen molar-refractivity contribution in [1.29, 1.82) is 0 Å². The van der Waals surface area contributed by atoms with Gasteiger partial charge in [0.1, 0.15) is 0 Å². The second-order valence-corrected chi connectivity index (χ2v) is 8.93. The molecule has 0 saturated carbocycles. The number of benzene rings is 2. The molecule has 2 aromatic carbocycles. The predicted molar refractivity (Wildman–Crippen MR) is 107 cm³/mol. The van der Waals surface area contributed by atoms with Gasteiger partial charge < -0.3 is 4.74 Å². The molecule has 1 saturated heterocycles. The van der Waals surface area contributed by atoms with Crippen LogP contribution in [0.5, 0.6) is 0 Å². The molecule has 0 aromatic heterocycles. The van der Waals surface area contributed by atoms with Crippen molar-refractivity contribution in [3.63, 3.8) is 0 Å². The van der Waals surface area contributed by atoms with Gasteiger partial charge in [0.05, 0.1) is 18.1 Å². The van der Waals surface area contributed by atoms with Crippen LogP contribution in [0.25, 0.3) is 0 Å². The van der Waals surface area contributed by atoms with E-state index < -0.39 is 10.0 Å². The van der Waals surface area contributed by atoms with Crippen LogP contribution in [0.4, 0.5) is 0 Å². The molecule has 5 nitrogen and oxygen atoms in total. The lowest BCUT2D eigenvalue weighted by molar-refractivity contribution is 0.0172. The molecular weight excluding hydrogens is 360 g/mol. The molecule has 0 radical (unpaired) electrons. The number of ether oxygens (including phenoxy) is 1. The molecule has 0 bridgehead atoms. The minimum atomic E-state index is -3.57. The van der Waals surface area contributed by atoms with E-state index in [1.165, 1.54) is 5.56 Å². The summed E-state index contributed by atoms with van der Waals surface area (Å²) in [6, 6.07) is 13.7. The van der Waals surface area contributed by atoms with Crippen LogP contribution in [0.3, 0.4) is 0 Å². The van der Waals surface area contributed by atoms with E-state index in [0.29, 0.717) is 24.7 Å². The van der Waals surface area contributed by atoms with Crippen LogP contribution < -0.4 is 4.72 Å². The first-order valence-corrected chi connectivity index (χ1v) is 10.8. The lowest BCUT2D eigenvalue weighted by Gasteiger charge is -2.35. The number of aryl methyl sites for hydroxylation is 3. The standard InChI is InChI=1S/C21H28N2O3S/c1-16-5-4-6-19(14-16)20(23-9-11-26-12-10-23)15-22-27(24,25)21-8-7-17(2)13-18(21)3/h4-8,13-14,20,22H,9-12,15H2,1-3H3. The van der Waals surface area contributed by atoms with Crippen LogP contribution in [-0.2, 0) is 14.8 Å². The van der Waals surface area contributed by atoms with Gasteiger partial charge in [-0.25, -0.2) is 13.1 Å². The summed E-state index contributed by atoms with van der Waals surface area (Å²) >= 11 is 0. The summed E-state index contributed by atoms with van der Waals surface area (Å²) in [5.74, 6) is 0. The molecule has 27 heavy (non-hydrogen) atoms. The monoisotopic (exact) mass is 388 g/mol. The van der Waals surface area contributed by atoms with Gasteiger partial charge in [-0.15, -0.1) is 0 Å². The topological polar surface area (TPSA) is 58.6 Å². The molecule has 1 atom stereocenters. The molecule has 0 amide bonds. The molecule has 1 heterocycles. The average Bonchev–Trinajstić information content (AvgIpc) is 2.62. The zero-order chi connectivity index (χ0) is 19.4. The Labute approximate surface area is 162 Å². The van der Waals surface area contributed by atoms with E-state index in [-0.39, 0.29) is 6.04 Å². The van der Waals surface area contributed by atoms with E-state index >= 15 is 0 Å². The summed E-state index contributed by atoms with van der Waals surface area (Å²) in [4.78, 5) is 2.64. The van der Waals surface area contributed by atoms with Gasteiger partial charge in [-0.05, 0) is 38.0 Å². The van der Waals surface area contributed by atoms with Crippen molar-refractivity contribution in [2.24, 2.45) is 0 Å². The Bertz CT molecular complexity index is 890. The fraction of sp³-hybridized carbons (Fsp3) is 0.429. The van der Waals surface area contributed by atoms with Crippen LogP contribution in [0.1, 0.15) is 28.3 Å². The summed E-state index contributed by atoms with van der Waals surface area (Å²) in [6.45, 7) is 9.12. The van der Waals surface area contributed by atoms with Crippen molar-refractivity contribution in [2.45, 2.75) is 31.7 Å². The maximum absolute atomic E-state index is 12.9. The Morgan fingerprint density at radius 3 is 2.41 bits per heavy atom. The molecule has 3 rings (SSSR count). The number of morpholine rings is 1. The van der Waals surface area contributed by atoms with E-state index in [1.54, 1.807) is 6.07 Å². The van der Waals surface area contributed by atoms with Crippen molar-refractivity contribution in [3.05, 3.63) is 64.7 Å². The summed E-state index contributed by atoms with van der Waals surface area (Å²) in [7, 11) is -3.57. The first-order chi connectivity index (χ1) is 12.9. The minimum Gasteiger partial charge on any atom is -0.379 e. The fourth-order valence-electron chi connectivity index (χ4n) is 3.59. The quantitative estimate of drug-likeness (QED) is 0.827. The van der Waals surface area contributed by atoms with Gasteiger partial charge in [-0.1, -0.05) is 47.5 Å². The minimum absolute atomic E-state index is 0.0191. The van der Waals surface area contributed by atoms with Crippen LogP contribution in [0.2, 0.25) is 0 Å². The number of hydrogen-bond donors (Lipinski definition) is 1. The van der Waals surface area contributed by atoms with Gasteiger partial charge in [-0.3, -0.25) is 4.90 Å². The normalized spacial score (nSPS) is 17.0. The van der Waals surface area contributed by atoms with E-state index in [0.717, 1.165) is 29.8 Å². The molecule has 1 fully saturated rings. The highest BCUT2D eigenvalue weighted by Crippen LogP contribution is 2.24. The van der Waals surface area contributed by atoms with E-state index in [2.05, 4.69) is 34.7 Å². The van der Waals surface area contributed by atoms with Gasteiger partial charge in [0, 0.05) is 25.7 Å². The molecule has 1 aliphatic heterocycles. The van der Waals surface area contributed by atoms with Crippen molar-refractivity contribution < 1.29 is 13.2 Å². The van der Waals surface area contributed by atoms with E-state index in [9.17, 15) is 8.42 Å². The van der Waals surface area contributed by atoms with Gasteiger partial charge in [-0.2, -0.15) is 0 Å². The highest BCUT2D eigenvalue weighted by atomic mass is 32.2. The van der Waals surface area contributed by atoms with Crippen molar-refractivity contribution in [2.75, 3.05) is 32.8 Å². The number of hydrogen-bond acceptors (Lipinski definition) is 4. The van der Waals surface area contributed by atoms with Crippen molar-refractivity contribution in [1.82, 2.24) is 9.62 Å². The molecule has 0 aliphatic carbocycles. The number of rotatable bonds is 6. The van der Waals surface area contributed by atoms with Crippen molar-refractivity contribution in [3.8, 4) is 0 Å². The molecule has 146 valence electrons. The number of nitrogens with zero attached hydrogens (tertiary/aromatic N) is 1. The lowest BCUT2D eigenvalue weighted by atomic mass is 10.0. The van der Waals surface area contributed by atoms with Gasteiger partial charge in [0.15, 0.2) is 0 Å². The molecule has 1 unspecified atom stereocenters. The molecule has 6 heteroatoms.